The van der Waals surface area contributed by atoms with Gasteiger partial charge in [0.2, 0.25) is 5.91 Å². The summed E-state index contributed by atoms with van der Waals surface area (Å²) in [4.78, 5) is 29.6. The van der Waals surface area contributed by atoms with Crippen LogP contribution in [0.25, 0.3) is 0 Å². The molecule has 1 amide bonds. The monoisotopic (exact) mass is 371 g/mol. The molecule has 6 nitrogen and oxygen atoms in total. The second kappa shape index (κ2) is 7.71. The van der Waals surface area contributed by atoms with Crippen LogP contribution >= 0.6 is 0 Å². The molecule has 1 N–H and O–H groups in total. The van der Waals surface area contributed by atoms with Crippen molar-refractivity contribution in [3.63, 3.8) is 0 Å². The Morgan fingerprint density at radius 3 is 2.48 bits per heavy atom. The van der Waals surface area contributed by atoms with Crippen molar-refractivity contribution >= 4 is 5.91 Å². The van der Waals surface area contributed by atoms with Crippen molar-refractivity contribution < 1.29 is 9.32 Å². The van der Waals surface area contributed by atoms with E-state index in [0.29, 0.717) is 12.2 Å². The van der Waals surface area contributed by atoms with Crippen molar-refractivity contribution in [2.75, 3.05) is 0 Å². The zero-order valence-corrected chi connectivity index (χ0v) is 16.6. The average molecular weight is 371 g/mol. The molecule has 0 saturated carbocycles. The van der Waals surface area contributed by atoms with Crippen LogP contribution in [0, 0.1) is 12.3 Å². The lowest BCUT2D eigenvalue weighted by Gasteiger charge is -2.48. The highest BCUT2D eigenvalue weighted by atomic mass is 16.5. The predicted octanol–water partition coefficient (Wildman–Crippen LogP) is 3.77. The number of nitrogens with zero attached hydrogens (tertiary/aromatic N) is 2. The van der Waals surface area contributed by atoms with Crippen molar-refractivity contribution in [1.29, 1.82) is 0 Å². The molecule has 1 fully saturated rings. The van der Waals surface area contributed by atoms with Crippen LogP contribution < -0.4 is 5.76 Å². The summed E-state index contributed by atoms with van der Waals surface area (Å²) in [6, 6.07) is 8.78. The molecular formula is C21H29N3O3. The summed E-state index contributed by atoms with van der Waals surface area (Å²) >= 11 is 0. The number of aryl methyl sites for hydroxylation is 1. The van der Waals surface area contributed by atoms with Gasteiger partial charge in [-0.3, -0.25) is 14.3 Å². The SMILES string of the molecule is CCC(CC)N1C(=O)[C@@](C)(Cc2noc(=O)[nH]2)CCC1c1ccc(C)cc1. The maximum absolute atomic E-state index is 13.6. The quantitative estimate of drug-likeness (QED) is 0.838. The topological polar surface area (TPSA) is 79.2 Å². The first kappa shape index (κ1) is 19.4. The lowest BCUT2D eigenvalue weighted by molar-refractivity contribution is -0.153. The van der Waals surface area contributed by atoms with E-state index in [0.717, 1.165) is 25.7 Å². The Labute approximate surface area is 159 Å². The maximum Gasteiger partial charge on any atom is 0.438 e. The van der Waals surface area contributed by atoms with Gasteiger partial charge in [-0.05, 0) is 38.2 Å². The summed E-state index contributed by atoms with van der Waals surface area (Å²) in [7, 11) is 0. The molecule has 0 spiro atoms. The van der Waals surface area contributed by atoms with Crippen LogP contribution in [0.2, 0.25) is 0 Å². The van der Waals surface area contributed by atoms with Gasteiger partial charge in [0.1, 0.15) is 0 Å². The van der Waals surface area contributed by atoms with Gasteiger partial charge < -0.3 is 4.90 Å². The van der Waals surface area contributed by atoms with E-state index < -0.39 is 11.2 Å². The van der Waals surface area contributed by atoms with Crippen LogP contribution in [-0.4, -0.2) is 27.0 Å². The Kier molecular flexibility index (Phi) is 5.53. The number of nitrogens with one attached hydrogen (secondary N) is 1. The number of carbonyl (C=O) groups is 1. The lowest BCUT2D eigenvalue weighted by atomic mass is 9.74. The Hall–Kier alpha value is -2.37. The first-order chi connectivity index (χ1) is 12.9. The molecule has 3 rings (SSSR count). The van der Waals surface area contributed by atoms with E-state index in [1.54, 1.807) is 0 Å². The highest BCUT2D eigenvalue weighted by molar-refractivity contribution is 5.84. The molecule has 2 heterocycles. The van der Waals surface area contributed by atoms with E-state index in [1.165, 1.54) is 11.1 Å². The van der Waals surface area contributed by atoms with Gasteiger partial charge in [-0.25, -0.2) is 4.79 Å². The van der Waals surface area contributed by atoms with Crippen LogP contribution in [0.5, 0.6) is 0 Å². The zero-order valence-electron chi connectivity index (χ0n) is 16.6. The van der Waals surface area contributed by atoms with E-state index in [-0.39, 0.29) is 18.0 Å². The Bertz CT molecular complexity index is 835. The van der Waals surface area contributed by atoms with Crippen LogP contribution in [0.1, 0.15) is 69.4 Å². The number of carbonyl (C=O) groups excluding carboxylic acids is 1. The molecule has 0 bridgehead atoms. The number of benzene rings is 1. The van der Waals surface area contributed by atoms with Crippen LogP contribution in [0.15, 0.2) is 33.6 Å². The fourth-order valence-corrected chi connectivity index (χ4v) is 4.24. The third kappa shape index (κ3) is 3.84. The summed E-state index contributed by atoms with van der Waals surface area (Å²) in [6.45, 7) is 8.32. The maximum atomic E-state index is 13.6. The largest absolute Gasteiger partial charge is 0.438 e. The van der Waals surface area contributed by atoms with Crippen molar-refractivity contribution in [2.45, 2.75) is 71.9 Å². The molecule has 2 atom stereocenters. The van der Waals surface area contributed by atoms with Gasteiger partial charge in [-0.2, -0.15) is 0 Å². The molecule has 6 heteroatoms. The number of H-pyrrole nitrogens is 1. The number of hydrogen-bond donors (Lipinski definition) is 1. The number of rotatable bonds is 6. The zero-order chi connectivity index (χ0) is 19.6. The van der Waals surface area contributed by atoms with Gasteiger partial charge in [0.05, 0.1) is 11.5 Å². The highest BCUT2D eigenvalue weighted by Crippen LogP contribution is 2.44. The number of aromatic amines is 1. The van der Waals surface area contributed by atoms with Crippen LogP contribution in [0.3, 0.4) is 0 Å². The number of aromatic nitrogens is 2. The molecule has 0 aliphatic carbocycles. The minimum absolute atomic E-state index is 0.0902. The van der Waals surface area contributed by atoms with Crippen LogP contribution in [-0.2, 0) is 11.2 Å². The average Bonchev–Trinajstić information content (AvgIpc) is 3.05. The highest BCUT2D eigenvalue weighted by Gasteiger charge is 2.46. The Morgan fingerprint density at radius 2 is 1.93 bits per heavy atom. The first-order valence-corrected chi connectivity index (χ1v) is 9.82. The molecule has 1 aliphatic rings. The second-order valence-electron chi connectivity index (χ2n) is 7.93. The van der Waals surface area contributed by atoms with Crippen molar-refractivity contribution in [3.05, 3.63) is 51.8 Å². The summed E-state index contributed by atoms with van der Waals surface area (Å²) in [5.74, 6) is -0.00255. The fraction of sp³-hybridized carbons (Fsp3) is 0.571. The van der Waals surface area contributed by atoms with Gasteiger partial charge in [0, 0.05) is 12.5 Å². The Morgan fingerprint density at radius 1 is 1.26 bits per heavy atom. The summed E-state index contributed by atoms with van der Waals surface area (Å²) in [6.07, 6.45) is 3.86. The Balaban J connectivity index is 1.94. The molecule has 2 aromatic rings. The molecule has 146 valence electrons. The van der Waals surface area contributed by atoms with E-state index in [4.69, 9.17) is 0 Å². The number of likely N-dealkylation sites (tertiary alicyclic amines) is 1. The van der Waals surface area contributed by atoms with E-state index in [9.17, 15) is 9.59 Å². The molecule has 1 aliphatic heterocycles. The predicted molar refractivity (Wildman–Crippen MR) is 103 cm³/mol. The molecule has 1 aromatic heterocycles. The second-order valence-corrected chi connectivity index (χ2v) is 7.93. The summed E-state index contributed by atoms with van der Waals surface area (Å²) in [5.41, 5.74) is 1.82. The van der Waals surface area contributed by atoms with E-state index >= 15 is 0 Å². The molecular weight excluding hydrogens is 342 g/mol. The van der Waals surface area contributed by atoms with E-state index in [2.05, 4.69) is 64.6 Å². The minimum atomic E-state index is -0.594. The van der Waals surface area contributed by atoms with Gasteiger partial charge in [0.15, 0.2) is 5.82 Å². The molecule has 0 radical (unpaired) electrons. The number of hydrogen-bond acceptors (Lipinski definition) is 4. The molecule has 27 heavy (non-hydrogen) atoms. The first-order valence-electron chi connectivity index (χ1n) is 9.82. The van der Waals surface area contributed by atoms with Crippen LogP contribution in [0.4, 0.5) is 0 Å². The van der Waals surface area contributed by atoms with Gasteiger partial charge in [0.25, 0.3) is 0 Å². The third-order valence-electron chi connectivity index (χ3n) is 5.90. The van der Waals surface area contributed by atoms with Crippen molar-refractivity contribution in [1.82, 2.24) is 15.0 Å². The normalized spacial score (nSPS) is 23.2. The number of amides is 1. The third-order valence-corrected chi connectivity index (χ3v) is 5.90. The smallest absolute Gasteiger partial charge is 0.332 e. The molecule has 1 aromatic carbocycles. The summed E-state index contributed by atoms with van der Waals surface area (Å²) in [5, 5.41) is 3.77. The van der Waals surface area contributed by atoms with Gasteiger partial charge in [-0.1, -0.05) is 55.8 Å². The number of piperidine rings is 1. The van der Waals surface area contributed by atoms with E-state index in [1.807, 2.05) is 6.92 Å². The fourth-order valence-electron chi connectivity index (χ4n) is 4.24. The molecule has 1 unspecified atom stereocenters. The van der Waals surface area contributed by atoms with Crippen molar-refractivity contribution in [3.8, 4) is 0 Å². The summed E-state index contributed by atoms with van der Waals surface area (Å²) < 4.78 is 4.62. The van der Waals surface area contributed by atoms with Gasteiger partial charge >= 0.3 is 5.76 Å². The van der Waals surface area contributed by atoms with Crippen molar-refractivity contribution in [2.24, 2.45) is 5.41 Å². The van der Waals surface area contributed by atoms with Gasteiger partial charge in [-0.15, -0.1) is 0 Å². The lowest BCUT2D eigenvalue weighted by Crippen LogP contribution is -2.53. The molecule has 1 saturated heterocycles. The standard InChI is InChI=1S/C21H29N3O3/c1-5-16(6-2)24-17(15-9-7-14(3)8-10-15)11-12-21(4,19(24)25)13-18-22-20(26)27-23-18/h7-10,16-17H,5-6,11-13H2,1-4H3,(H,22,23,26)/t17?,21-/m1/s1. The minimum Gasteiger partial charge on any atom is -0.332 e.